The lowest BCUT2D eigenvalue weighted by Crippen LogP contribution is -2.05. The van der Waals surface area contributed by atoms with Crippen LogP contribution in [0.15, 0.2) is 12.4 Å². The largest absolute Gasteiger partial charge is 0.381 e. The van der Waals surface area contributed by atoms with E-state index >= 15 is 0 Å². The molecule has 0 aromatic carbocycles. The number of aryl methyl sites for hydroxylation is 1. The summed E-state index contributed by atoms with van der Waals surface area (Å²) in [5.41, 5.74) is 0.896. The van der Waals surface area contributed by atoms with Crippen molar-refractivity contribution in [3.8, 4) is 11.4 Å². The van der Waals surface area contributed by atoms with Crippen LogP contribution in [0.4, 0.5) is 5.95 Å². The fourth-order valence-corrected chi connectivity index (χ4v) is 2.52. The maximum atomic E-state index is 5.46. The summed E-state index contributed by atoms with van der Waals surface area (Å²) in [5.74, 6) is 2.63. The van der Waals surface area contributed by atoms with Gasteiger partial charge in [-0.1, -0.05) is 13.3 Å². The molecule has 0 unspecified atom stereocenters. The Labute approximate surface area is 130 Å². The Morgan fingerprint density at radius 2 is 2.18 bits per heavy atom. The van der Waals surface area contributed by atoms with E-state index < -0.39 is 0 Å². The van der Waals surface area contributed by atoms with Gasteiger partial charge in [0.05, 0.1) is 12.2 Å². The van der Waals surface area contributed by atoms with Crippen molar-refractivity contribution in [3.63, 3.8) is 0 Å². The monoisotopic (exact) mass is 302 g/mol. The molecule has 1 aliphatic heterocycles. The van der Waals surface area contributed by atoms with Gasteiger partial charge in [-0.2, -0.15) is 5.10 Å². The first-order valence-electron chi connectivity index (χ1n) is 7.84. The molecule has 0 aliphatic carbocycles. The molecule has 2 aromatic rings. The molecule has 7 nitrogen and oxygen atoms in total. The van der Waals surface area contributed by atoms with E-state index in [1.165, 1.54) is 0 Å². The van der Waals surface area contributed by atoms with Crippen LogP contribution >= 0.6 is 0 Å². The van der Waals surface area contributed by atoms with Crippen molar-refractivity contribution in [2.75, 3.05) is 25.6 Å². The van der Waals surface area contributed by atoms with Gasteiger partial charge < -0.3 is 10.1 Å². The third-order valence-corrected chi connectivity index (χ3v) is 3.84. The highest BCUT2D eigenvalue weighted by Gasteiger charge is 2.24. The van der Waals surface area contributed by atoms with Crippen molar-refractivity contribution in [3.05, 3.63) is 18.2 Å². The van der Waals surface area contributed by atoms with Crippen molar-refractivity contribution >= 4 is 5.95 Å². The second-order valence-corrected chi connectivity index (χ2v) is 5.48. The standard InChI is InChI=1S/C15H22N6O/c1-3-4-6-21-14(12-8-17-15(16-2)18-9-12)19-13(20-21)11-5-7-22-10-11/h8-9,11H,3-7,10H2,1-2H3,(H,16,17,18)/t11-/m1/s1. The lowest BCUT2D eigenvalue weighted by atomic mass is 10.1. The summed E-state index contributed by atoms with van der Waals surface area (Å²) in [5, 5.41) is 7.63. The van der Waals surface area contributed by atoms with Gasteiger partial charge in [0.15, 0.2) is 11.6 Å². The highest BCUT2D eigenvalue weighted by molar-refractivity contribution is 5.53. The van der Waals surface area contributed by atoms with E-state index in [1.807, 2.05) is 4.68 Å². The molecular formula is C15H22N6O. The van der Waals surface area contributed by atoms with Gasteiger partial charge in [-0.25, -0.2) is 19.6 Å². The van der Waals surface area contributed by atoms with Crippen molar-refractivity contribution in [1.29, 1.82) is 0 Å². The molecule has 22 heavy (non-hydrogen) atoms. The summed E-state index contributed by atoms with van der Waals surface area (Å²) in [4.78, 5) is 13.3. The Balaban J connectivity index is 1.91. The van der Waals surface area contributed by atoms with Gasteiger partial charge in [-0.05, 0) is 12.8 Å². The topological polar surface area (TPSA) is 77.8 Å². The summed E-state index contributed by atoms with van der Waals surface area (Å²) >= 11 is 0. The smallest absolute Gasteiger partial charge is 0.222 e. The number of unbranched alkanes of at least 4 members (excludes halogenated alkanes) is 1. The molecule has 0 saturated carbocycles. The summed E-state index contributed by atoms with van der Waals surface area (Å²) < 4.78 is 7.44. The molecule has 3 heterocycles. The van der Waals surface area contributed by atoms with Gasteiger partial charge in [0.25, 0.3) is 0 Å². The second-order valence-electron chi connectivity index (χ2n) is 5.48. The minimum atomic E-state index is 0.305. The van der Waals surface area contributed by atoms with E-state index in [4.69, 9.17) is 14.8 Å². The molecule has 7 heteroatoms. The van der Waals surface area contributed by atoms with Crippen molar-refractivity contribution in [2.24, 2.45) is 0 Å². The molecule has 1 N–H and O–H groups in total. The zero-order valence-corrected chi connectivity index (χ0v) is 13.1. The van der Waals surface area contributed by atoms with Gasteiger partial charge in [0.1, 0.15) is 0 Å². The number of aromatic nitrogens is 5. The zero-order valence-electron chi connectivity index (χ0n) is 13.1. The summed E-state index contributed by atoms with van der Waals surface area (Å²) in [6.07, 6.45) is 6.77. The van der Waals surface area contributed by atoms with Gasteiger partial charge >= 0.3 is 0 Å². The Hall–Kier alpha value is -2.02. The highest BCUT2D eigenvalue weighted by atomic mass is 16.5. The van der Waals surface area contributed by atoms with Crippen LogP contribution in [-0.2, 0) is 11.3 Å². The number of nitrogens with one attached hydrogen (secondary N) is 1. The first kappa shape index (κ1) is 14.9. The minimum absolute atomic E-state index is 0.305. The molecule has 3 rings (SSSR count). The Kier molecular flexibility index (Phi) is 4.62. The Bertz CT molecular complexity index is 603. The fourth-order valence-electron chi connectivity index (χ4n) is 2.52. The van der Waals surface area contributed by atoms with Crippen LogP contribution in [0.2, 0.25) is 0 Å². The van der Waals surface area contributed by atoms with E-state index in [0.29, 0.717) is 18.5 Å². The predicted molar refractivity (Wildman–Crippen MR) is 83.7 cm³/mol. The maximum Gasteiger partial charge on any atom is 0.222 e. The van der Waals surface area contributed by atoms with Crippen molar-refractivity contribution < 1.29 is 4.74 Å². The number of hydrogen-bond acceptors (Lipinski definition) is 6. The fraction of sp³-hybridized carbons (Fsp3) is 0.600. The molecule has 1 atom stereocenters. The molecule has 0 amide bonds. The van der Waals surface area contributed by atoms with Gasteiger partial charge in [0.2, 0.25) is 5.95 Å². The molecule has 0 spiro atoms. The first-order valence-corrected chi connectivity index (χ1v) is 7.84. The number of rotatable bonds is 6. The molecule has 1 saturated heterocycles. The zero-order chi connectivity index (χ0) is 15.4. The number of nitrogens with zero attached hydrogens (tertiary/aromatic N) is 5. The second kappa shape index (κ2) is 6.83. The number of ether oxygens (including phenoxy) is 1. The van der Waals surface area contributed by atoms with Crippen LogP contribution in [0.1, 0.15) is 37.9 Å². The predicted octanol–water partition coefficient (Wildman–Crippen LogP) is 2.08. The quantitative estimate of drug-likeness (QED) is 0.880. The molecular weight excluding hydrogens is 280 g/mol. The SMILES string of the molecule is CCCCn1nc([C@@H]2CCOC2)nc1-c1cnc(NC)nc1. The Morgan fingerprint density at radius 1 is 1.36 bits per heavy atom. The lowest BCUT2D eigenvalue weighted by Gasteiger charge is -2.05. The van der Waals surface area contributed by atoms with Crippen molar-refractivity contribution in [1.82, 2.24) is 24.7 Å². The summed E-state index contributed by atoms with van der Waals surface area (Å²) in [6.45, 7) is 4.54. The lowest BCUT2D eigenvalue weighted by molar-refractivity contribution is 0.193. The van der Waals surface area contributed by atoms with E-state index in [0.717, 1.165) is 49.6 Å². The normalized spacial score (nSPS) is 17.8. The molecule has 0 bridgehead atoms. The van der Waals surface area contributed by atoms with Crippen LogP contribution in [0, 0.1) is 0 Å². The molecule has 0 radical (unpaired) electrons. The third-order valence-electron chi connectivity index (χ3n) is 3.84. The maximum absolute atomic E-state index is 5.46. The first-order chi connectivity index (χ1) is 10.8. The molecule has 2 aromatic heterocycles. The van der Waals surface area contributed by atoms with Crippen LogP contribution in [-0.4, -0.2) is 45.0 Å². The third kappa shape index (κ3) is 3.09. The molecule has 1 fully saturated rings. The van der Waals surface area contributed by atoms with Crippen molar-refractivity contribution in [2.45, 2.75) is 38.6 Å². The highest BCUT2D eigenvalue weighted by Crippen LogP contribution is 2.25. The molecule has 118 valence electrons. The van der Waals surface area contributed by atoms with Gasteiger partial charge in [-0.3, -0.25) is 0 Å². The van der Waals surface area contributed by atoms with E-state index in [2.05, 4.69) is 22.2 Å². The number of anilines is 1. The van der Waals surface area contributed by atoms with Crippen LogP contribution in [0.25, 0.3) is 11.4 Å². The average molecular weight is 302 g/mol. The van der Waals surface area contributed by atoms with Crippen LogP contribution in [0.5, 0.6) is 0 Å². The van der Waals surface area contributed by atoms with Crippen LogP contribution < -0.4 is 5.32 Å². The van der Waals surface area contributed by atoms with Gasteiger partial charge in [-0.15, -0.1) is 0 Å². The Morgan fingerprint density at radius 3 is 2.82 bits per heavy atom. The summed E-state index contributed by atoms with van der Waals surface area (Å²) in [6, 6.07) is 0. The molecule has 1 aliphatic rings. The van der Waals surface area contributed by atoms with Gasteiger partial charge in [0, 0.05) is 38.5 Å². The number of hydrogen-bond donors (Lipinski definition) is 1. The van der Waals surface area contributed by atoms with E-state index in [9.17, 15) is 0 Å². The van der Waals surface area contributed by atoms with Crippen LogP contribution in [0.3, 0.4) is 0 Å². The average Bonchev–Trinajstić information content (AvgIpc) is 3.22. The minimum Gasteiger partial charge on any atom is -0.381 e. The summed E-state index contributed by atoms with van der Waals surface area (Å²) in [7, 11) is 1.80. The van der Waals surface area contributed by atoms with E-state index in [1.54, 1.807) is 19.4 Å². The van der Waals surface area contributed by atoms with E-state index in [-0.39, 0.29) is 0 Å².